The monoisotopic (exact) mass is 751 g/mol. The molecule has 2 unspecified atom stereocenters. The molecule has 0 N–H and O–H groups in total. The molecule has 0 spiro atoms. The molecule has 11 aromatic rings. The lowest BCUT2D eigenvalue weighted by Gasteiger charge is -2.40. The zero-order valence-corrected chi connectivity index (χ0v) is 32.3. The number of rotatable bonds is 5. The van der Waals surface area contributed by atoms with Crippen LogP contribution in [0.3, 0.4) is 0 Å². The highest BCUT2D eigenvalue weighted by Gasteiger charge is 2.38. The first kappa shape index (κ1) is 32.5. The van der Waals surface area contributed by atoms with E-state index < -0.39 is 0 Å². The van der Waals surface area contributed by atoms with Gasteiger partial charge in [-0.1, -0.05) is 134 Å². The Bertz CT molecular complexity index is 3500. The van der Waals surface area contributed by atoms with Gasteiger partial charge in [0.1, 0.15) is 0 Å². The zero-order chi connectivity index (χ0) is 38.8. The predicted molar refractivity (Wildman–Crippen MR) is 247 cm³/mol. The normalized spacial score (nSPS) is 16.1. The fourth-order valence-corrected chi connectivity index (χ4v) is 10.7. The van der Waals surface area contributed by atoms with Crippen LogP contribution in [-0.4, -0.2) is 13.7 Å². The Labute approximate surface area is 341 Å². The summed E-state index contributed by atoms with van der Waals surface area (Å²) in [6, 6.07) is 67.1. The van der Waals surface area contributed by atoms with Crippen molar-refractivity contribution in [3.05, 3.63) is 235 Å². The minimum absolute atomic E-state index is 0.0354. The first-order chi connectivity index (χ1) is 29.2. The molecule has 2 bridgehead atoms. The van der Waals surface area contributed by atoms with Gasteiger partial charge in [0.2, 0.25) is 0 Å². The fourth-order valence-electron chi connectivity index (χ4n) is 10.7. The third-order valence-corrected chi connectivity index (χ3v) is 13.2. The summed E-state index contributed by atoms with van der Waals surface area (Å²) in [5, 5.41) is 7.60. The number of benzene rings is 8. The maximum absolute atomic E-state index is 4.42. The summed E-state index contributed by atoms with van der Waals surface area (Å²) in [6.45, 7) is 4.42. The Morgan fingerprint density at radius 1 is 0.407 bits per heavy atom. The molecular formula is C56H37N3. The van der Waals surface area contributed by atoms with Gasteiger partial charge in [-0.05, 0) is 101 Å². The third-order valence-electron chi connectivity index (χ3n) is 13.2. The summed E-state index contributed by atoms with van der Waals surface area (Å²) >= 11 is 0. The Hall–Kier alpha value is -7.62. The molecular weight excluding hydrogens is 715 g/mol. The Kier molecular flexibility index (Phi) is 6.71. The first-order valence-corrected chi connectivity index (χ1v) is 20.5. The molecule has 276 valence electrons. The van der Waals surface area contributed by atoms with Gasteiger partial charge in [-0.2, -0.15) is 0 Å². The SMILES string of the molecule is C=C/C(=C\C1=CC2c3cc(-n4c5ccccc5c5ccccc54)ccc3C1c1cc(-n3c4ccccc4c4ccccc43)ccc12)n1c2ccccc2c2ccccc21. The predicted octanol–water partition coefficient (Wildman–Crippen LogP) is 14.2. The Morgan fingerprint density at radius 2 is 0.797 bits per heavy atom. The van der Waals surface area contributed by atoms with Crippen molar-refractivity contribution in [1.82, 2.24) is 13.7 Å². The lowest BCUT2D eigenvalue weighted by Crippen LogP contribution is -2.24. The van der Waals surface area contributed by atoms with Gasteiger partial charge in [-0.15, -0.1) is 0 Å². The molecule has 3 nitrogen and oxygen atoms in total. The molecule has 3 aliphatic rings. The number of allylic oxidation sites excluding steroid dienone is 5. The maximum atomic E-state index is 4.42. The van der Waals surface area contributed by atoms with E-state index in [1.807, 2.05) is 6.08 Å². The number of aromatic nitrogens is 3. The Balaban J connectivity index is 1.04. The van der Waals surface area contributed by atoms with Crippen LogP contribution in [0.5, 0.6) is 0 Å². The van der Waals surface area contributed by atoms with Gasteiger partial charge in [0.05, 0.1) is 33.1 Å². The summed E-state index contributed by atoms with van der Waals surface area (Å²) < 4.78 is 7.29. The summed E-state index contributed by atoms with van der Waals surface area (Å²) in [4.78, 5) is 0. The van der Waals surface area contributed by atoms with Crippen LogP contribution in [0.2, 0.25) is 0 Å². The van der Waals surface area contributed by atoms with E-state index in [-0.39, 0.29) is 11.8 Å². The second-order valence-corrected chi connectivity index (χ2v) is 16.1. The molecule has 0 aliphatic heterocycles. The molecule has 0 saturated heterocycles. The quantitative estimate of drug-likeness (QED) is 0.156. The molecule has 3 heterocycles. The molecule has 0 amide bonds. The lowest BCUT2D eigenvalue weighted by atomic mass is 9.64. The average Bonchev–Trinajstić information content (AvgIpc) is 3.94. The van der Waals surface area contributed by atoms with E-state index >= 15 is 0 Å². The van der Waals surface area contributed by atoms with E-state index in [0.29, 0.717) is 0 Å². The van der Waals surface area contributed by atoms with Crippen molar-refractivity contribution >= 4 is 71.1 Å². The molecule has 0 radical (unpaired) electrons. The van der Waals surface area contributed by atoms with Gasteiger partial charge in [-0.25, -0.2) is 0 Å². The highest BCUT2D eigenvalue weighted by atomic mass is 15.0. The lowest BCUT2D eigenvalue weighted by molar-refractivity contribution is 0.781. The van der Waals surface area contributed by atoms with Gasteiger partial charge < -0.3 is 13.7 Å². The van der Waals surface area contributed by atoms with Crippen LogP contribution in [0, 0.1) is 0 Å². The van der Waals surface area contributed by atoms with Crippen molar-refractivity contribution in [3.8, 4) is 11.4 Å². The second kappa shape index (κ2) is 12.2. The van der Waals surface area contributed by atoms with E-state index in [0.717, 1.165) is 5.70 Å². The van der Waals surface area contributed by atoms with Gasteiger partial charge in [-0.3, -0.25) is 0 Å². The van der Waals surface area contributed by atoms with Crippen molar-refractivity contribution < 1.29 is 0 Å². The average molecular weight is 752 g/mol. The number of hydrogen-bond donors (Lipinski definition) is 0. The van der Waals surface area contributed by atoms with Crippen LogP contribution >= 0.6 is 0 Å². The second-order valence-electron chi connectivity index (χ2n) is 16.1. The summed E-state index contributed by atoms with van der Waals surface area (Å²) in [5.41, 5.74) is 17.5. The van der Waals surface area contributed by atoms with Crippen LogP contribution in [-0.2, 0) is 0 Å². The molecule has 0 saturated carbocycles. The van der Waals surface area contributed by atoms with E-state index in [1.54, 1.807) is 0 Å². The number of para-hydroxylation sites is 6. The summed E-state index contributed by atoms with van der Waals surface area (Å²) in [6.07, 6.45) is 6.97. The van der Waals surface area contributed by atoms with E-state index in [2.05, 4.69) is 214 Å². The van der Waals surface area contributed by atoms with Crippen LogP contribution < -0.4 is 0 Å². The van der Waals surface area contributed by atoms with E-state index in [4.69, 9.17) is 0 Å². The van der Waals surface area contributed by atoms with E-state index in [1.165, 1.54) is 105 Å². The smallest absolute Gasteiger partial charge is 0.0541 e. The van der Waals surface area contributed by atoms with Crippen molar-refractivity contribution in [2.45, 2.75) is 11.8 Å². The van der Waals surface area contributed by atoms with E-state index in [9.17, 15) is 0 Å². The zero-order valence-electron chi connectivity index (χ0n) is 32.3. The topological polar surface area (TPSA) is 14.8 Å². The maximum Gasteiger partial charge on any atom is 0.0541 e. The molecule has 3 heteroatoms. The number of fused-ring (bicyclic) bond motifs is 9. The van der Waals surface area contributed by atoms with Crippen molar-refractivity contribution in [2.75, 3.05) is 0 Å². The van der Waals surface area contributed by atoms with Gasteiger partial charge in [0.15, 0.2) is 0 Å². The van der Waals surface area contributed by atoms with Crippen molar-refractivity contribution in [2.24, 2.45) is 0 Å². The highest BCUT2D eigenvalue weighted by Crippen LogP contribution is 2.54. The van der Waals surface area contributed by atoms with Crippen molar-refractivity contribution in [1.29, 1.82) is 0 Å². The third kappa shape index (κ3) is 4.47. The minimum atomic E-state index is 0.0354. The molecule has 0 fully saturated rings. The van der Waals surface area contributed by atoms with Crippen LogP contribution in [0.25, 0.3) is 82.5 Å². The highest BCUT2D eigenvalue weighted by molar-refractivity contribution is 6.12. The number of hydrogen-bond acceptors (Lipinski definition) is 0. The fraction of sp³-hybridized carbons (Fsp3) is 0.0357. The molecule has 3 aromatic heterocycles. The molecule has 59 heavy (non-hydrogen) atoms. The molecule has 3 aliphatic carbocycles. The summed E-state index contributed by atoms with van der Waals surface area (Å²) in [7, 11) is 0. The molecule has 8 aromatic carbocycles. The first-order valence-electron chi connectivity index (χ1n) is 20.5. The van der Waals surface area contributed by atoms with Crippen LogP contribution in [0.4, 0.5) is 0 Å². The van der Waals surface area contributed by atoms with Crippen molar-refractivity contribution in [3.63, 3.8) is 0 Å². The number of nitrogens with zero attached hydrogens (tertiary/aromatic N) is 3. The largest absolute Gasteiger partial charge is 0.309 e. The van der Waals surface area contributed by atoms with Crippen LogP contribution in [0.15, 0.2) is 212 Å². The van der Waals surface area contributed by atoms with Gasteiger partial charge in [0, 0.05) is 61.2 Å². The standard InChI is InChI=1S/C56H37N3/c1-2-36(57-50-21-9-3-15-40(50)41-16-4-10-22-51(41)57)31-35-32-47-39-29-27-38(59-54-25-13-7-19-44(54)45-20-8-14-26-55(45)59)34-49(39)56(35)46-30-28-37(33-48(46)47)58-52-23-11-5-17-42(52)43-18-6-12-24-53(43)58/h2-34,47,56H,1H2/b36-31+. The van der Waals surface area contributed by atoms with Gasteiger partial charge >= 0.3 is 0 Å². The minimum Gasteiger partial charge on any atom is -0.309 e. The molecule has 2 atom stereocenters. The summed E-state index contributed by atoms with van der Waals surface area (Å²) in [5.74, 6) is 0.119. The Morgan fingerprint density at radius 3 is 1.25 bits per heavy atom. The van der Waals surface area contributed by atoms with Crippen LogP contribution in [0.1, 0.15) is 34.1 Å². The van der Waals surface area contributed by atoms with Gasteiger partial charge in [0.25, 0.3) is 0 Å². The molecule has 14 rings (SSSR count).